The summed E-state index contributed by atoms with van der Waals surface area (Å²) in [6.07, 6.45) is 0.784. The molecule has 150 valence electrons. The number of hydrogen-bond acceptors (Lipinski definition) is 4. The predicted octanol–water partition coefficient (Wildman–Crippen LogP) is 3.61. The van der Waals surface area contributed by atoms with Crippen LogP contribution in [0.4, 0.5) is 5.69 Å². The molecule has 0 spiro atoms. The first-order valence-electron chi connectivity index (χ1n) is 9.66. The van der Waals surface area contributed by atoms with Gasteiger partial charge in [-0.15, -0.1) is 11.3 Å². The van der Waals surface area contributed by atoms with Gasteiger partial charge >= 0.3 is 5.97 Å². The molecule has 0 bridgehead atoms. The molecule has 0 fully saturated rings. The second-order valence-corrected chi connectivity index (χ2v) is 7.58. The zero-order valence-electron chi connectivity index (χ0n) is 16.3. The summed E-state index contributed by atoms with van der Waals surface area (Å²) in [5, 5.41) is 6.97. The van der Waals surface area contributed by atoms with Gasteiger partial charge in [0.05, 0.1) is 17.0 Å². The summed E-state index contributed by atoms with van der Waals surface area (Å²) < 4.78 is 5.11. The molecular formula is C23H25N2O3S+. The summed E-state index contributed by atoms with van der Waals surface area (Å²) in [7, 11) is 0. The fourth-order valence-corrected chi connectivity index (χ4v) is 3.80. The quantitative estimate of drug-likeness (QED) is 0.531. The molecule has 3 rings (SSSR count). The van der Waals surface area contributed by atoms with Crippen LogP contribution in [0.15, 0.2) is 72.1 Å². The molecule has 0 aliphatic carbocycles. The number of thiophene rings is 1. The fourth-order valence-electron chi connectivity index (χ4n) is 2.95. The van der Waals surface area contributed by atoms with Crippen LogP contribution < -0.4 is 10.6 Å². The van der Waals surface area contributed by atoms with Crippen molar-refractivity contribution >= 4 is 28.9 Å². The SMILES string of the molecule is CCCOC(=O)c1ccc(NC(=O)C[NH2+][C@@H](c2ccccc2)c2cccs2)cc1. The van der Waals surface area contributed by atoms with Gasteiger partial charge < -0.3 is 15.4 Å². The highest BCUT2D eigenvalue weighted by Gasteiger charge is 2.19. The Kier molecular flexibility index (Phi) is 7.55. The topological polar surface area (TPSA) is 72.0 Å². The van der Waals surface area contributed by atoms with Crippen LogP contribution >= 0.6 is 11.3 Å². The first-order valence-corrected chi connectivity index (χ1v) is 10.5. The molecule has 3 aromatic rings. The van der Waals surface area contributed by atoms with Crippen molar-refractivity contribution in [1.29, 1.82) is 0 Å². The predicted molar refractivity (Wildman–Crippen MR) is 115 cm³/mol. The van der Waals surface area contributed by atoms with Crippen molar-refractivity contribution in [2.24, 2.45) is 0 Å². The Morgan fingerprint density at radius 1 is 1.03 bits per heavy atom. The third-order valence-electron chi connectivity index (χ3n) is 4.39. The van der Waals surface area contributed by atoms with Crippen molar-refractivity contribution in [2.45, 2.75) is 19.4 Å². The van der Waals surface area contributed by atoms with Crippen LogP contribution in [0.5, 0.6) is 0 Å². The molecule has 1 atom stereocenters. The van der Waals surface area contributed by atoms with Crippen molar-refractivity contribution < 1.29 is 19.6 Å². The summed E-state index contributed by atoms with van der Waals surface area (Å²) in [5.74, 6) is -0.441. The minimum atomic E-state index is -0.347. The number of nitrogens with one attached hydrogen (secondary N) is 1. The lowest BCUT2D eigenvalue weighted by atomic mass is 10.1. The molecule has 0 aliphatic heterocycles. The number of nitrogens with two attached hydrogens (primary N) is 1. The van der Waals surface area contributed by atoms with Crippen LogP contribution in [0, 0.1) is 0 Å². The van der Waals surface area contributed by atoms with Crippen molar-refractivity contribution in [1.82, 2.24) is 0 Å². The van der Waals surface area contributed by atoms with Gasteiger partial charge in [-0.2, -0.15) is 0 Å². The Labute approximate surface area is 174 Å². The minimum absolute atomic E-state index is 0.0812. The Balaban J connectivity index is 1.58. The molecule has 0 saturated heterocycles. The number of amides is 1. The van der Waals surface area contributed by atoms with Crippen molar-refractivity contribution in [2.75, 3.05) is 18.5 Å². The lowest BCUT2D eigenvalue weighted by Crippen LogP contribution is -2.87. The number of carbonyl (C=O) groups excluding carboxylic acids is 2. The van der Waals surface area contributed by atoms with Crippen LogP contribution in [0.2, 0.25) is 0 Å². The van der Waals surface area contributed by atoms with Crippen LogP contribution in [0.3, 0.4) is 0 Å². The molecule has 0 aliphatic rings. The Hall–Kier alpha value is -2.96. The van der Waals surface area contributed by atoms with Gasteiger partial charge in [0, 0.05) is 11.3 Å². The van der Waals surface area contributed by atoms with Crippen LogP contribution in [-0.2, 0) is 9.53 Å². The Morgan fingerprint density at radius 3 is 2.45 bits per heavy atom. The van der Waals surface area contributed by atoms with Crippen molar-refractivity contribution in [3.8, 4) is 0 Å². The van der Waals surface area contributed by atoms with E-state index in [1.54, 1.807) is 35.6 Å². The molecular weight excluding hydrogens is 384 g/mol. The van der Waals surface area contributed by atoms with Crippen LogP contribution in [0.1, 0.15) is 40.2 Å². The average molecular weight is 410 g/mol. The Morgan fingerprint density at radius 2 is 1.79 bits per heavy atom. The molecule has 6 heteroatoms. The lowest BCUT2D eigenvalue weighted by molar-refractivity contribution is -0.675. The number of anilines is 1. The zero-order valence-corrected chi connectivity index (χ0v) is 17.2. The molecule has 2 aromatic carbocycles. The van der Waals surface area contributed by atoms with E-state index in [1.165, 1.54) is 4.88 Å². The highest BCUT2D eigenvalue weighted by molar-refractivity contribution is 7.10. The molecule has 29 heavy (non-hydrogen) atoms. The van der Waals surface area contributed by atoms with Gasteiger partial charge in [0.2, 0.25) is 0 Å². The molecule has 0 radical (unpaired) electrons. The van der Waals surface area contributed by atoms with Crippen LogP contribution in [0.25, 0.3) is 0 Å². The summed E-state index contributed by atoms with van der Waals surface area (Å²) >= 11 is 1.68. The second-order valence-electron chi connectivity index (χ2n) is 6.61. The molecule has 3 N–H and O–H groups in total. The minimum Gasteiger partial charge on any atom is -0.462 e. The molecule has 1 heterocycles. The number of esters is 1. The summed E-state index contributed by atoms with van der Waals surface area (Å²) in [4.78, 5) is 25.5. The second kappa shape index (κ2) is 10.5. The zero-order chi connectivity index (χ0) is 20.5. The van der Waals surface area contributed by atoms with Crippen LogP contribution in [-0.4, -0.2) is 25.0 Å². The van der Waals surface area contributed by atoms with Gasteiger partial charge in [-0.05, 0) is 42.1 Å². The fraction of sp³-hybridized carbons (Fsp3) is 0.217. The maximum Gasteiger partial charge on any atom is 0.338 e. The van der Waals surface area contributed by atoms with Gasteiger partial charge in [0.25, 0.3) is 5.91 Å². The first-order chi connectivity index (χ1) is 14.2. The normalized spacial score (nSPS) is 11.6. The monoisotopic (exact) mass is 409 g/mol. The number of benzene rings is 2. The summed E-state index contributed by atoms with van der Waals surface area (Å²) in [6, 6.07) is 21.1. The van der Waals surface area contributed by atoms with Crippen molar-refractivity contribution in [3.63, 3.8) is 0 Å². The van der Waals surface area contributed by atoms with E-state index in [9.17, 15) is 9.59 Å². The first kappa shape index (κ1) is 20.8. The van der Waals surface area contributed by atoms with Gasteiger partial charge in [-0.3, -0.25) is 4.79 Å². The third-order valence-corrected chi connectivity index (χ3v) is 5.34. The van der Waals surface area contributed by atoms with Crippen molar-refractivity contribution in [3.05, 3.63) is 88.1 Å². The average Bonchev–Trinajstić information content (AvgIpc) is 3.28. The highest BCUT2D eigenvalue weighted by Crippen LogP contribution is 2.22. The number of rotatable bonds is 9. The van der Waals surface area contributed by atoms with E-state index >= 15 is 0 Å². The van der Waals surface area contributed by atoms with E-state index in [0.717, 1.165) is 12.0 Å². The molecule has 0 unspecified atom stereocenters. The number of hydrogen-bond donors (Lipinski definition) is 2. The van der Waals surface area contributed by atoms with E-state index < -0.39 is 0 Å². The van der Waals surface area contributed by atoms with E-state index in [4.69, 9.17) is 4.74 Å². The van der Waals surface area contributed by atoms with Gasteiger partial charge in [-0.1, -0.05) is 43.3 Å². The van der Waals surface area contributed by atoms with Gasteiger partial charge in [0.1, 0.15) is 6.04 Å². The molecule has 1 amide bonds. The van der Waals surface area contributed by atoms with Gasteiger partial charge in [0.15, 0.2) is 6.54 Å². The molecule has 1 aromatic heterocycles. The standard InChI is InChI=1S/C23H24N2O3S/c1-2-14-28-23(27)18-10-12-19(13-11-18)25-21(26)16-24-22(20-9-6-15-29-20)17-7-4-3-5-8-17/h3-13,15,22,24H,2,14,16H2,1H3,(H,25,26)/p+1/t22-/m0/s1. The number of carbonyl (C=O) groups is 2. The van der Waals surface area contributed by atoms with E-state index in [-0.39, 0.29) is 24.5 Å². The van der Waals surface area contributed by atoms with E-state index in [0.29, 0.717) is 17.9 Å². The maximum atomic E-state index is 12.4. The number of quaternary nitrogens is 1. The highest BCUT2D eigenvalue weighted by atomic mass is 32.1. The third kappa shape index (κ3) is 6.01. The lowest BCUT2D eigenvalue weighted by Gasteiger charge is -2.14. The molecule has 5 nitrogen and oxygen atoms in total. The largest absolute Gasteiger partial charge is 0.462 e. The summed E-state index contributed by atoms with van der Waals surface area (Å²) in [6.45, 7) is 2.64. The van der Waals surface area contributed by atoms with E-state index in [1.807, 2.05) is 41.9 Å². The smallest absolute Gasteiger partial charge is 0.338 e. The molecule has 0 saturated carbocycles. The maximum absolute atomic E-state index is 12.4. The summed E-state index contributed by atoms with van der Waals surface area (Å²) in [5.41, 5.74) is 2.30. The van der Waals surface area contributed by atoms with E-state index in [2.05, 4.69) is 23.5 Å². The van der Waals surface area contributed by atoms with Gasteiger partial charge in [-0.25, -0.2) is 4.79 Å². The number of ether oxygens (including phenoxy) is 1. The Bertz CT molecular complexity index is 909.